The number of rotatable bonds is 8. The molecule has 2 heterocycles. The van der Waals surface area contributed by atoms with Gasteiger partial charge in [0.25, 0.3) is 0 Å². The van der Waals surface area contributed by atoms with E-state index in [2.05, 4.69) is 73.0 Å². The van der Waals surface area contributed by atoms with Crippen molar-refractivity contribution in [1.29, 1.82) is 0 Å². The summed E-state index contributed by atoms with van der Waals surface area (Å²) in [6.07, 6.45) is 7.75. The summed E-state index contributed by atoms with van der Waals surface area (Å²) < 4.78 is 8.86. The van der Waals surface area contributed by atoms with Gasteiger partial charge in [-0.2, -0.15) is 0 Å². The lowest BCUT2D eigenvalue weighted by molar-refractivity contribution is 0.313. The van der Waals surface area contributed by atoms with Gasteiger partial charge in [-0.1, -0.05) is 98.9 Å². The minimum Gasteiger partial charge on any atom is -0.484 e. The normalized spacial score (nSPS) is 12.0. The number of benzene rings is 4. The topological polar surface area (TPSA) is 9.23 Å². The molecule has 0 aliphatic rings. The molecule has 0 radical (unpaired) electrons. The molecule has 0 aliphatic carbocycles. The summed E-state index contributed by atoms with van der Waals surface area (Å²) in [5, 5.41) is 13.9. The summed E-state index contributed by atoms with van der Waals surface area (Å²) in [4.78, 5) is 0. The van der Waals surface area contributed by atoms with E-state index in [0.717, 1.165) is 18.1 Å². The number of hydrogen-bond acceptors (Lipinski definition) is 3. The van der Waals surface area contributed by atoms with E-state index in [4.69, 9.17) is 4.74 Å². The SMILES string of the molecule is CCCCCCCCOc1cc2ccc3c4ccc5c(ccc6ccsc65)c4ccc3c2s1. The van der Waals surface area contributed by atoms with E-state index in [1.165, 1.54) is 84.6 Å². The van der Waals surface area contributed by atoms with Crippen molar-refractivity contribution in [1.82, 2.24) is 0 Å². The fourth-order valence-electron chi connectivity index (χ4n) is 5.07. The monoisotopic (exact) mass is 468 g/mol. The van der Waals surface area contributed by atoms with Crippen LogP contribution >= 0.6 is 22.7 Å². The fraction of sp³-hybridized carbons (Fsp3) is 0.267. The third kappa shape index (κ3) is 3.78. The molecule has 33 heavy (non-hydrogen) atoms. The second-order valence-corrected chi connectivity index (χ2v) is 10.9. The quantitative estimate of drug-likeness (QED) is 0.159. The molecule has 6 aromatic rings. The Hall–Kier alpha value is -2.62. The Morgan fingerprint density at radius 2 is 1.21 bits per heavy atom. The van der Waals surface area contributed by atoms with Gasteiger partial charge in [0.1, 0.15) is 0 Å². The first kappa shape index (κ1) is 20.9. The first-order chi connectivity index (χ1) is 16.3. The van der Waals surface area contributed by atoms with Gasteiger partial charge in [0, 0.05) is 20.2 Å². The van der Waals surface area contributed by atoms with Crippen LogP contribution in [0, 0.1) is 0 Å². The number of hydrogen-bond donors (Lipinski definition) is 0. The van der Waals surface area contributed by atoms with E-state index in [1.807, 2.05) is 11.3 Å². The Morgan fingerprint density at radius 3 is 2.00 bits per heavy atom. The maximum Gasteiger partial charge on any atom is 0.174 e. The molecule has 0 spiro atoms. The Balaban J connectivity index is 1.34. The van der Waals surface area contributed by atoms with E-state index in [1.54, 1.807) is 11.3 Å². The number of ether oxygens (including phenoxy) is 1. The Bertz CT molecular complexity index is 1590. The van der Waals surface area contributed by atoms with Crippen molar-refractivity contribution >= 4 is 75.2 Å². The van der Waals surface area contributed by atoms with E-state index >= 15 is 0 Å². The van der Waals surface area contributed by atoms with E-state index in [-0.39, 0.29) is 0 Å². The van der Waals surface area contributed by atoms with Crippen molar-refractivity contribution in [3.05, 3.63) is 66.0 Å². The van der Waals surface area contributed by atoms with Crippen molar-refractivity contribution in [2.75, 3.05) is 6.61 Å². The molecule has 3 heteroatoms. The van der Waals surface area contributed by atoms with Gasteiger partial charge in [-0.3, -0.25) is 0 Å². The predicted molar refractivity (Wildman–Crippen MR) is 149 cm³/mol. The summed E-state index contributed by atoms with van der Waals surface area (Å²) in [5.74, 6) is 0. The Labute approximate surface area is 202 Å². The summed E-state index contributed by atoms with van der Waals surface area (Å²) in [6.45, 7) is 3.09. The molecule has 0 aliphatic heterocycles. The minimum atomic E-state index is 0.822. The molecule has 166 valence electrons. The molecule has 0 amide bonds. The van der Waals surface area contributed by atoms with Crippen LogP contribution in [-0.4, -0.2) is 6.61 Å². The molecule has 2 aromatic heterocycles. The molecule has 0 N–H and O–H groups in total. The molecular formula is C30H28OS2. The van der Waals surface area contributed by atoms with Gasteiger partial charge in [-0.05, 0) is 56.3 Å². The maximum atomic E-state index is 6.14. The van der Waals surface area contributed by atoms with Crippen LogP contribution in [0.2, 0.25) is 0 Å². The van der Waals surface area contributed by atoms with Gasteiger partial charge < -0.3 is 4.74 Å². The Kier molecular flexibility index (Phi) is 5.69. The molecule has 0 bridgehead atoms. The average molecular weight is 469 g/mol. The second kappa shape index (κ2) is 8.96. The molecule has 0 fully saturated rings. The summed E-state index contributed by atoms with van der Waals surface area (Å²) >= 11 is 3.63. The minimum absolute atomic E-state index is 0.822. The standard InChI is InChI=1S/C30H28OS2/c1-2-3-4-5-6-7-17-31-28-19-21-9-11-25-23-12-14-26-24(10-8-20-16-18-32-29(20)26)22(23)13-15-27(25)30(21)33-28/h8-16,18-19H,2-7,17H2,1H3. The zero-order chi connectivity index (χ0) is 22.2. The summed E-state index contributed by atoms with van der Waals surface area (Å²) in [7, 11) is 0. The van der Waals surface area contributed by atoms with Crippen LogP contribution in [0.3, 0.4) is 0 Å². The third-order valence-corrected chi connectivity index (χ3v) is 8.87. The molecule has 4 aromatic carbocycles. The van der Waals surface area contributed by atoms with E-state index < -0.39 is 0 Å². The largest absolute Gasteiger partial charge is 0.484 e. The van der Waals surface area contributed by atoms with Crippen molar-refractivity contribution in [2.45, 2.75) is 45.4 Å². The van der Waals surface area contributed by atoms with E-state index in [0.29, 0.717) is 0 Å². The summed E-state index contributed by atoms with van der Waals surface area (Å²) in [6, 6.07) is 22.8. The molecule has 0 saturated heterocycles. The van der Waals surface area contributed by atoms with Crippen LogP contribution in [-0.2, 0) is 0 Å². The van der Waals surface area contributed by atoms with Gasteiger partial charge in [-0.15, -0.1) is 11.3 Å². The molecule has 0 unspecified atom stereocenters. The van der Waals surface area contributed by atoms with Crippen molar-refractivity contribution < 1.29 is 4.74 Å². The first-order valence-corrected chi connectivity index (χ1v) is 13.8. The van der Waals surface area contributed by atoms with Gasteiger partial charge in [0.2, 0.25) is 0 Å². The zero-order valence-corrected chi connectivity index (χ0v) is 20.7. The zero-order valence-electron chi connectivity index (χ0n) is 19.0. The smallest absolute Gasteiger partial charge is 0.174 e. The lowest BCUT2D eigenvalue weighted by atomic mass is 9.96. The molecular weight excluding hydrogens is 440 g/mol. The van der Waals surface area contributed by atoms with Crippen LogP contribution in [0.1, 0.15) is 45.4 Å². The number of fused-ring (bicyclic) bond motifs is 9. The maximum absolute atomic E-state index is 6.14. The van der Waals surface area contributed by atoms with E-state index in [9.17, 15) is 0 Å². The molecule has 1 nitrogen and oxygen atoms in total. The second-order valence-electron chi connectivity index (χ2n) is 8.99. The van der Waals surface area contributed by atoms with Crippen molar-refractivity contribution in [2.24, 2.45) is 0 Å². The van der Waals surface area contributed by atoms with Crippen molar-refractivity contribution in [3.63, 3.8) is 0 Å². The Morgan fingerprint density at radius 1 is 0.606 bits per heavy atom. The molecule has 0 atom stereocenters. The van der Waals surface area contributed by atoms with Crippen molar-refractivity contribution in [3.8, 4) is 5.06 Å². The highest BCUT2D eigenvalue weighted by Gasteiger charge is 2.12. The van der Waals surface area contributed by atoms with Gasteiger partial charge in [0.15, 0.2) is 5.06 Å². The predicted octanol–water partition coefficient (Wildman–Crippen LogP) is 10.3. The van der Waals surface area contributed by atoms with Crippen LogP contribution in [0.5, 0.6) is 5.06 Å². The fourth-order valence-corrected chi connectivity index (χ4v) is 7.06. The lowest BCUT2D eigenvalue weighted by Gasteiger charge is -2.09. The highest BCUT2D eigenvalue weighted by atomic mass is 32.1. The first-order valence-electron chi connectivity index (χ1n) is 12.1. The van der Waals surface area contributed by atoms with Crippen LogP contribution in [0.4, 0.5) is 0 Å². The number of thiophene rings is 2. The van der Waals surface area contributed by atoms with Gasteiger partial charge in [-0.25, -0.2) is 0 Å². The third-order valence-electron chi connectivity index (χ3n) is 6.81. The lowest BCUT2D eigenvalue weighted by Crippen LogP contribution is -1.95. The highest BCUT2D eigenvalue weighted by molar-refractivity contribution is 7.21. The number of unbranched alkanes of at least 4 members (excludes halogenated alkanes) is 5. The average Bonchev–Trinajstić information content (AvgIpc) is 3.49. The van der Waals surface area contributed by atoms with Crippen LogP contribution < -0.4 is 4.74 Å². The summed E-state index contributed by atoms with van der Waals surface area (Å²) in [5.41, 5.74) is 0. The molecule has 0 saturated carbocycles. The molecule has 6 rings (SSSR count). The van der Waals surface area contributed by atoms with Gasteiger partial charge in [0.05, 0.1) is 6.61 Å². The van der Waals surface area contributed by atoms with Crippen LogP contribution in [0.15, 0.2) is 66.0 Å². The van der Waals surface area contributed by atoms with Crippen LogP contribution in [0.25, 0.3) is 52.5 Å². The highest BCUT2D eigenvalue weighted by Crippen LogP contribution is 2.41. The van der Waals surface area contributed by atoms with Gasteiger partial charge >= 0.3 is 0 Å².